The molecule has 0 aromatic heterocycles. The molecular formula is C9H10BFO2. The average Bonchev–Trinajstić information content (AvgIpc) is 2.55. The van der Waals surface area contributed by atoms with E-state index in [1.807, 2.05) is 0 Å². The smallest absolute Gasteiger partial charge is 0.529 e. The third-order valence-electron chi connectivity index (χ3n) is 2.29. The van der Waals surface area contributed by atoms with E-state index >= 15 is 0 Å². The number of fused-ring (bicyclic) bond motifs is 1. The molecule has 68 valence electrons. The van der Waals surface area contributed by atoms with Crippen LogP contribution >= 0.6 is 0 Å². The Labute approximate surface area is 76.8 Å². The maximum atomic E-state index is 13.5. The number of rotatable bonds is 1. The molecule has 0 N–H and O–H groups in total. The Morgan fingerprint density at radius 3 is 3.00 bits per heavy atom. The fourth-order valence-corrected chi connectivity index (χ4v) is 1.50. The van der Waals surface area contributed by atoms with Gasteiger partial charge in [-0.2, -0.15) is 0 Å². The predicted octanol–water partition coefficient (Wildman–Crippen LogP) is 1.74. The van der Waals surface area contributed by atoms with E-state index in [0.717, 1.165) is 0 Å². The highest BCUT2D eigenvalue weighted by atomic mass is 19.1. The van der Waals surface area contributed by atoms with Gasteiger partial charge in [-0.15, -0.1) is 0 Å². The number of hydrogen-bond donors (Lipinski definition) is 0. The fourth-order valence-electron chi connectivity index (χ4n) is 1.50. The van der Waals surface area contributed by atoms with Crippen molar-refractivity contribution in [2.24, 2.45) is 0 Å². The summed E-state index contributed by atoms with van der Waals surface area (Å²) in [6.07, 6.45) is 0.499. The Bertz CT molecular complexity index is 341. The molecule has 0 radical (unpaired) electrons. The summed E-state index contributed by atoms with van der Waals surface area (Å²) in [4.78, 5) is 0. The zero-order valence-electron chi connectivity index (χ0n) is 7.63. The molecule has 1 heterocycles. The first-order valence-electron chi connectivity index (χ1n) is 4.20. The van der Waals surface area contributed by atoms with Crippen molar-refractivity contribution in [3.05, 3.63) is 29.1 Å². The van der Waals surface area contributed by atoms with Crippen LogP contribution < -0.4 is 4.65 Å². The minimum Gasteiger partial charge on any atom is -0.536 e. The molecule has 0 fully saturated rings. The monoisotopic (exact) mass is 180 g/mol. The molecule has 0 bridgehead atoms. The first kappa shape index (κ1) is 8.57. The minimum atomic E-state index is -0.328. The molecule has 0 unspecified atom stereocenters. The maximum absolute atomic E-state index is 13.5. The molecule has 13 heavy (non-hydrogen) atoms. The van der Waals surface area contributed by atoms with E-state index < -0.39 is 0 Å². The highest BCUT2D eigenvalue weighted by Gasteiger charge is 2.31. The van der Waals surface area contributed by atoms with Crippen molar-refractivity contribution in [1.82, 2.24) is 0 Å². The van der Waals surface area contributed by atoms with E-state index in [2.05, 4.69) is 0 Å². The van der Waals surface area contributed by atoms with Crippen molar-refractivity contribution >= 4 is 7.12 Å². The van der Waals surface area contributed by atoms with E-state index in [0.29, 0.717) is 23.2 Å². The van der Waals surface area contributed by atoms with Gasteiger partial charge in [-0.3, -0.25) is 0 Å². The van der Waals surface area contributed by atoms with Crippen molar-refractivity contribution in [3.63, 3.8) is 0 Å². The molecule has 1 aliphatic rings. The fraction of sp³-hybridized carbons (Fsp3) is 0.333. The zero-order valence-corrected chi connectivity index (χ0v) is 7.63. The van der Waals surface area contributed by atoms with Gasteiger partial charge in [-0.25, -0.2) is 4.39 Å². The summed E-state index contributed by atoms with van der Waals surface area (Å²) in [5.41, 5.74) is 1.28. The van der Waals surface area contributed by atoms with Gasteiger partial charge in [-0.1, -0.05) is 6.07 Å². The highest BCUT2D eigenvalue weighted by molar-refractivity contribution is 6.46. The summed E-state index contributed by atoms with van der Waals surface area (Å²) in [6.45, 7) is 1.75. The van der Waals surface area contributed by atoms with Gasteiger partial charge in [-0.05, 0) is 18.6 Å². The molecule has 0 saturated carbocycles. The lowest BCUT2D eigenvalue weighted by Gasteiger charge is -2.03. The molecule has 0 aliphatic carbocycles. The minimum absolute atomic E-state index is 0.169. The topological polar surface area (TPSA) is 18.5 Å². The van der Waals surface area contributed by atoms with Gasteiger partial charge in [0.05, 0.1) is 0 Å². The summed E-state index contributed by atoms with van der Waals surface area (Å²) in [5.74, 6) is 0.437. The number of benzene rings is 1. The van der Waals surface area contributed by atoms with Crippen LogP contribution in [0.4, 0.5) is 4.39 Å². The predicted molar refractivity (Wildman–Crippen MR) is 48.2 cm³/mol. The Kier molecular flexibility index (Phi) is 2.00. The molecule has 2 rings (SSSR count). The lowest BCUT2D eigenvalue weighted by atomic mass is 9.83. The highest BCUT2D eigenvalue weighted by Crippen LogP contribution is 2.30. The van der Waals surface area contributed by atoms with Gasteiger partial charge >= 0.3 is 7.12 Å². The van der Waals surface area contributed by atoms with Crippen molar-refractivity contribution in [2.75, 3.05) is 7.11 Å². The SMILES string of the molecule is COB1Cc2c(ccc(C)c2F)O1. The van der Waals surface area contributed by atoms with Crippen molar-refractivity contribution < 1.29 is 13.7 Å². The molecule has 2 nitrogen and oxygen atoms in total. The molecule has 1 aromatic rings. The standard InChI is InChI=1S/C9H10BFO2/c1-6-3-4-8-7(9(6)11)5-10(12-2)13-8/h3-4H,5H2,1-2H3. The van der Waals surface area contributed by atoms with E-state index in [-0.39, 0.29) is 12.9 Å². The second-order valence-electron chi connectivity index (χ2n) is 3.16. The van der Waals surface area contributed by atoms with Crippen molar-refractivity contribution in [2.45, 2.75) is 13.2 Å². The van der Waals surface area contributed by atoms with Crippen LogP contribution in [0.5, 0.6) is 5.75 Å². The Hall–Kier alpha value is -1.03. The number of halogens is 1. The van der Waals surface area contributed by atoms with Crippen LogP contribution in [0.25, 0.3) is 0 Å². The summed E-state index contributed by atoms with van der Waals surface area (Å²) in [5, 5.41) is 0. The Morgan fingerprint density at radius 1 is 1.54 bits per heavy atom. The number of hydrogen-bond acceptors (Lipinski definition) is 2. The molecule has 0 amide bonds. The van der Waals surface area contributed by atoms with E-state index in [1.165, 1.54) is 0 Å². The van der Waals surface area contributed by atoms with Crippen molar-refractivity contribution in [1.29, 1.82) is 0 Å². The molecule has 0 spiro atoms. The van der Waals surface area contributed by atoms with E-state index in [9.17, 15) is 4.39 Å². The second-order valence-corrected chi connectivity index (χ2v) is 3.16. The Morgan fingerprint density at radius 2 is 2.31 bits per heavy atom. The van der Waals surface area contributed by atoms with Gasteiger partial charge in [0.25, 0.3) is 0 Å². The summed E-state index contributed by atoms with van der Waals surface area (Å²) in [7, 11) is 1.23. The second kappa shape index (κ2) is 3.03. The van der Waals surface area contributed by atoms with Crippen LogP contribution in [0.2, 0.25) is 0 Å². The number of aryl methyl sites for hydroxylation is 1. The van der Waals surface area contributed by atoms with Crippen LogP contribution in [0, 0.1) is 12.7 Å². The molecule has 1 aromatic carbocycles. The molecular weight excluding hydrogens is 170 g/mol. The third-order valence-corrected chi connectivity index (χ3v) is 2.29. The molecule has 0 saturated heterocycles. The van der Waals surface area contributed by atoms with E-state index in [4.69, 9.17) is 9.31 Å². The Balaban J connectivity index is 2.40. The van der Waals surface area contributed by atoms with Crippen LogP contribution in [0.1, 0.15) is 11.1 Å². The summed E-state index contributed by atoms with van der Waals surface area (Å²) >= 11 is 0. The first-order valence-corrected chi connectivity index (χ1v) is 4.20. The lowest BCUT2D eigenvalue weighted by molar-refractivity contribution is 0.344. The quantitative estimate of drug-likeness (QED) is 0.612. The normalized spacial score (nSPS) is 14.2. The van der Waals surface area contributed by atoms with Crippen LogP contribution in [-0.2, 0) is 11.0 Å². The molecule has 4 heteroatoms. The van der Waals surface area contributed by atoms with Gasteiger partial charge in [0.2, 0.25) is 0 Å². The first-order chi connectivity index (χ1) is 6.22. The van der Waals surface area contributed by atoms with Crippen molar-refractivity contribution in [3.8, 4) is 5.75 Å². The third kappa shape index (κ3) is 1.31. The lowest BCUT2D eigenvalue weighted by Crippen LogP contribution is -2.21. The van der Waals surface area contributed by atoms with Gasteiger partial charge in [0.15, 0.2) is 0 Å². The van der Waals surface area contributed by atoms with Crippen LogP contribution in [-0.4, -0.2) is 14.2 Å². The van der Waals surface area contributed by atoms with Crippen LogP contribution in [0.15, 0.2) is 12.1 Å². The van der Waals surface area contributed by atoms with Gasteiger partial charge in [0.1, 0.15) is 11.6 Å². The average molecular weight is 180 g/mol. The zero-order chi connectivity index (χ0) is 9.42. The summed E-state index contributed by atoms with van der Waals surface area (Å²) < 4.78 is 23.8. The molecule has 0 atom stereocenters. The maximum Gasteiger partial charge on any atom is 0.529 e. The summed E-state index contributed by atoms with van der Waals surface area (Å²) in [6, 6.07) is 3.50. The molecule has 1 aliphatic heterocycles. The van der Waals surface area contributed by atoms with Gasteiger partial charge in [0, 0.05) is 19.0 Å². The van der Waals surface area contributed by atoms with E-state index in [1.54, 1.807) is 26.2 Å². The van der Waals surface area contributed by atoms with Crippen LogP contribution in [0.3, 0.4) is 0 Å². The largest absolute Gasteiger partial charge is 0.536 e. The van der Waals surface area contributed by atoms with Gasteiger partial charge < -0.3 is 9.31 Å².